The van der Waals surface area contributed by atoms with Gasteiger partial charge in [0.15, 0.2) is 0 Å². The van der Waals surface area contributed by atoms with Crippen LogP contribution < -0.4 is 10.1 Å². The quantitative estimate of drug-likeness (QED) is 0.870. The predicted octanol–water partition coefficient (Wildman–Crippen LogP) is 4.21. The minimum absolute atomic E-state index is 0.0454. The Balaban J connectivity index is 1.93. The Morgan fingerprint density at radius 2 is 2.15 bits per heavy atom. The fraction of sp³-hybridized carbons (Fsp3) is 0.647. The highest BCUT2D eigenvalue weighted by Gasteiger charge is 2.50. The summed E-state index contributed by atoms with van der Waals surface area (Å²) in [6.45, 7) is 5.33. The third-order valence-electron chi connectivity index (χ3n) is 4.77. The van der Waals surface area contributed by atoms with Gasteiger partial charge in [-0.1, -0.05) is 13.8 Å². The van der Waals surface area contributed by atoms with E-state index in [-0.39, 0.29) is 17.5 Å². The van der Waals surface area contributed by atoms with Crippen LogP contribution in [0.3, 0.4) is 0 Å². The molecule has 110 valence electrons. The molecule has 0 amide bonds. The average Bonchev–Trinajstić information content (AvgIpc) is 3.29. The summed E-state index contributed by atoms with van der Waals surface area (Å²) in [4.78, 5) is 0. The van der Waals surface area contributed by atoms with Crippen molar-refractivity contribution in [1.82, 2.24) is 5.32 Å². The molecule has 1 N–H and O–H groups in total. The van der Waals surface area contributed by atoms with Gasteiger partial charge in [-0.2, -0.15) is 0 Å². The summed E-state index contributed by atoms with van der Waals surface area (Å²) in [6, 6.07) is 5.16. The Bertz CT molecular complexity index is 486. The monoisotopic (exact) mass is 277 g/mol. The van der Waals surface area contributed by atoms with E-state index in [4.69, 9.17) is 4.74 Å². The van der Waals surface area contributed by atoms with Crippen LogP contribution in [0.2, 0.25) is 0 Å². The van der Waals surface area contributed by atoms with Crippen LogP contribution in [-0.2, 0) is 0 Å². The van der Waals surface area contributed by atoms with E-state index in [0.29, 0.717) is 5.92 Å². The van der Waals surface area contributed by atoms with Crippen molar-refractivity contribution in [3.63, 3.8) is 0 Å². The molecule has 1 aromatic rings. The first kappa shape index (κ1) is 13.9. The van der Waals surface area contributed by atoms with Gasteiger partial charge in [-0.25, -0.2) is 4.39 Å². The molecule has 0 radical (unpaired) electrons. The fourth-order valence-corrected chi connectivity index (χ4v) is 3.47. The van der Waals surface area contributed by atoms with Gasteiger partial charge in [-0.15, -0.1) is 0 Å². The standard InChI is InChI=1S/C17H24FNO/c1-3-9-19-15-11-17(4-2,12-5-6-12)20-16-8-7-13(18)10-14(15)16/h7-8,10,12,15,19H,3-6,9,11H2,1-2H3. The van der Waals surface area contributed by atoms with Crippen molar-refractivity contribution in [2.24, 2.45) is 5.92 Å². The molecule has 20 heavy (non-hydrogen) atoms. The van der Waals surface area contributed by atoms with E-state index in [0.717, 1.165) is 37.1 Å². The maximum atomic E-state index is 13.6. The van der Waals surface area contributed by atoms with Crippen molar-refractivity contribution in [3.8, 4) is 5.75 Å². The summed E-state index contributed by atoms with van der Waals surface area (Å²) in [7, 11) is 0. The van der Waals surface area contributed by atoms with E-state index in [1.54, 1.807) is 12.1 Å². The van der Waals surface area contributed by atoms with Crippen LogP contribution in [0.25, 0.3) is 0 Å². The third kappa shape index (κ3) is 2.44. The molecule has 1 aromatic carbocycles. The molecule has 1 aliphatic carbocycles. The molecule has 0 aromatic heterocycles. The molecule has 2 unspecified atom stereocenters. The lowest BCUT2D eigenvalue weighted by Crippen LogP contribution is -2.45. The molecule has 2 atom stereocenters. The first-order chi connectivity index (χ1) is 9.68. The van der Waals surface area contributed by atoms with Crippen molar-refractivity contribution in [3.05, 3.63) is 29.6 Å². The molecule has 2 aliphatic rings. The van der Waals surface area contributed by atoms with Gasteiger partial charge in [0.1, 0.15) is 17.2 Å². The molecule has 0 saturated heterocycles. The SMILES string of the molecule is CCCNC1CC(CC)(C2CC2)Oc2ccc(F)cc21. The molecule has 0 spiro atoms. The number of rotatable bonds is 5. The summed E-state index contributed by atoms with van der Waals surface area (Å²) in [5.41, 5.74) is 0.944. The van der Waals surface area contributed by atoms with Crippen LogP contribution in [-0.4, -0.2) is 12.1 Å². The minimum Gasteiger partial charge on any atom is -0.487 e. The van der Waals surface area contributed by atoms with E-state index in [1.165, 1.54) is 18.9 Å². The van der Waals surface area contributed by atoms with Gasteiger partial charge in [0.05, 0.1) is 0 Å². The molecule has 0 bridgehead atoms. The number of ether oxygens (including phenoxy) is 1. The maximum absolute atomic E-state index is 13.6. The molecular weight excluding hydrogens is 253 g/mol. The number of benzene rings is 1. The summed E-state index contributed by atoms with van der Waals surface area (Å²) in [5, 5.41) is 3.58. The highest BCUT2D eigenvalue weighted by molar-refractivity contribution is 5.40. The topological polar surface area (TPSA) is 21.3 Å². The summed E-state index contributed by atoms with van der Waals surface area (Å²) >= 11 is 0. The molecule has 1 saturated carbocycles. The maximum Gasteiger partial charge on any atom is 0.125 e. The zero-order valence-electron chi connectivity index (χ0n) is 12.4. The summed E-state index contributed by atoms with van der Waals surface area (Å²) < 4.78 is 19.9. The summed E-state index contributed by atoms with van der Waals surface area (Å²) in [6.07, 6.45) is 5.61. The lowest BCUT2D eigenvalue weighted by Gasteiger charge is -2.42. The number of halogens is 1. The van der Waals surface area contributed by atoms with E-state index >= 15 is 0 Å². The van der Waals surface area contributed by atoms with Crippen LogP contribution in [0.15, 0.2) is 18.2 Å². The predicted molar refractivity (Wildman–Crippen MR) is 78.4 cm³/mol. The van der Waals surface area contributed by atoms with Crippen molar-refractivity contribution >= 4 is 0 Å². The van der Waals surface area contributed by atoms with Crippen LogP contribution in [0.4, 0.5) is 4.39 Å². The second-order valence-electron chi connectivity index (χ2n) is 6.19. The van der Waals surface area contributed by atoms with Crippen molar-refractivity contribution in [2.45, 2.75) is 57.6 Å². The second-order valence-corrected chi connectivity index (χ2v) is 6.19. The largest absolute Gasteiger partial charge is 0.487 e. The lowest BCUT2D eigenvalue weighted by molar-refractivity contribution is 0.00556. The highest BCUT2D eigenvalue weighted by atomic mass is 19.1. The van der Waals surface area contributed by atoms with Crippen LogP contribution >= 0.6 is 0 Å². The van der Waals surface area contributed by atoms with Gasteiger partial charge >= 0.3 is 0 Å². The van der Waals surface area contributed by atoms with E-state index in [2.05, 4.69) is 19.2 Å². The molecule has 1 fully saturated rings. The second kappa shape index (κ2) is 5.36. The van der Waals surface area contributed by atoms with Crippen LogP contribution in [0.5, 0.6) is 5.75 Å². The number of fused-ring (bicyclic) bond motifs is 1. The highest BCUT2D eigenvalue weighted by Crippen LogP contribution is 2.52. The molecule has 1 aliphatic heterocycles. The smallest absolute Gasteiger partial charge is 0.125 e. The first-order valence-electron chi connectivity index (χ1n) is 7.90. The van der Waals surface area contributed by atoms with Crippen LogP contribution in [0.1, 0.15) is 57.6 Å². The lowest BCUT2D eigenvalue weighted by atomic mass is 9.81. The Labute approximate surface area is 120 Å². The number of hydrogen-bond acceptors (Lipinski definition) is 2. The minimum atomic E-state index is -0.175. The fourth-order valence-electron chi connectivity index (χ4n) is 3.47. The summed E-state index contributed by atoms with van der Waals surface area (Å²) in [5.74, 6) is 1.38. The Kier molecular flexibility index (Phi) is 3.72. The number of nitrogens with one attached hydrogen (secondary N) is 1. The Morgan fingerprint density at radius 3 is 2.80 bits per heavy atom. The molecule has 1 heterocycles. The third-order valence-corrected chi connectivity index (χ3v) is 4.77. The molecule has 3 heteroatoms. The van der Waals surface area contributed by atoms with E-state index < -0.39 is 0 Å². The zero-order chi connectivity index (χ0) is 14.2. The van der Waals surface area contributed by atoms with Crippen LogP contribution in [0, 0.1) is 11.7 Å². The zero-order valence-corrected chi connectivity index (χ0v) is 12.4. The molecule has 3 rings (SSSR count). The Hall–Kier alpha value is -1.09. The van der Waals surface area contributed by atoms with Crippen molar-refractivity contribution in [1.29, 1.82) is 0 Å². The average molecular weight is 277 g/mol. The molecule has 2 nitrogen and oxygen atoms in total. The van der Waals surface area contributed by atoms with Gasteiger partial charge in [-0.3, -0.25) is 0 Å². The van der Waals surface area contributed by atoms with Crippen molar-refractivity contribution < 1.29 is 9.13 Å². The number of hydrogen-bond donors (Lipinski definition) is 1. The van der Waals surface area contributed by atoms with E-state index in [9.17, 15) is 4.39 Å². The molecular formula is C17H24FNO. The van der Waals surface area contributed by atoms with Gasteiger partial charge < -0.3 is 10.1 Å². The van der Waals surface area contributed by atoms with Gasteiger partial charge in [0.2, 0.25) is 0 Å². The van der Waals surface area contributed by atoms with Crippen molar-refractivity contribution in [2.75, 3.05) is 6.54 Å². The van der Waals surface area contributed by atoms with E-state index in [1.807, 2.05) is 0 Å². The first-order valence-corrected chi connectivity index (χ1v) is 7.90. The Morgan fingerprint density at radius 1 is 1.35 bits per heavy atom. The van der Waals surface area contributed by atoms with Gasteiger partial charge in [0.25, 0.3) is 0 Å². The van der Waals surface area contributed by atoms with Gasteiger partial charge in [0, 0.05) is 18.0 Å². The normalized spacial score (nSPS) is 28.9. The van der Waals surface area contributed by atoms with Gasteiger partial charge in [-0.05, 0) is 56.3 Å².